The van der Waals surface area contributed by atoms with Crippen LogP contribution in [0.15, 0.2) is 64.3 Å². The maximum atomic E-state index is 13.3. The van der Waals surface area contributed by atoms with E-state index in [0.29, 0.717) is 22.0 Å². The van der Waals surface area contributed by atoms with E-state index in [1.54, 1.807) is 12.1 Å². The number of benzene rings is 2. The van der Waals surface area contributed by atoms with Gasteiger partial charge >= 0.3 is 11.9 Å². The van der Waals surface area contributed by atoms with Crippen LogP contribution >= 0.6 is 11.6 Å². The number of aromatic amines is 1. The standard InChI is InChI=1S/C22H15ClF3N5O3/c1-27-19(32)18-9-12(6-7-28-18)29-11-2-5-17-14(8-11)20(33)31(21(34)30-17)13-3-4-16(23)15(10-13)22(24,25)26/h2-10H,1H3,(H,27,32)(H,28,29)(H,30,34). The van der Waals surface area contributed by atoms with E-state index in [2.05, 4.69) is 20.6 Å². The number of hydrogen-bond acceptors (Lipinski definition) is 5. The summed E-state index contributed by atoms with van der Waals surface area (Å²) in [5.74, 6) is -0.385. The van der Waals surface area contributed by atoms with Crippen molar-refractivity contribution in [3.05, 3.63) is 91.8 Å². The van der Waals surface area contributed by atoms with E-state index in [9.17, 15) is 27.6 Å². The van der Waals surface area contributed by atoms with Crippen LogP contribution in [0.2, 0.25) is 5.02 Å². The fraction of sp³-hybridized carbons (Fsp3) is 0.0909. The van der Waals surface area contributed by atoms with Crippen molar-refractivity contribution in [2.45, 2.75) is 6.18 Å². The number of nitrogens with one attached hydrogen (secondary N) is 3. The summed E-state index contributed by atoms with van der Waals surface area (Å²) in [5, 5.41) is 4.98. The molecule has 0 aliphatic rings. The molecule has 12 heteroatoms. The first-order chi connectivity index (χ1) is 16.1. The number of hydrogen-bond donors (Lipinski definition) is 3. The SMILES string of the molecule is CNC(=O)c1cc(Nc2ccc3[nH]c(=O)n(-c4ccc(Cl)c(C(F)(F)F)c4)c(=O)c3c2)ccn1. The largest absolute Gasteiger partial charge is 0.417 e. The fourth-order valence-electron chi connectivity index (χ4n) is 3.32. The molecule has 2 aromatic heterocycles. The third-order valence-corrected chi connectivity index (χ3v) is 5.25. The zero-order valence-corrected chi connectivity index (χ0v) is 18.1. The van der Waals surface area contributed by atoms with Crippen molar-refractivity contribution in [3.8, 4) is 5.69 Å². The second-order valence-electron chi connectivity index (χ2n) is 7.13. The van der Waals surface area contributed by atoms with Gasteiger partial charge in [-0.15, -0.1) is 0 Å². The van der Waals surface area contributed by atoms with Gasteiger partial charge in [-0.25, -0.2) is 9.36 Å². The third-order valence-electron chi connectivity index (χ3n) is 4.92. The molecule has 0 aliphatic carbocycles. The Morgan fingerprint density at radius 2 is 1.79 bits per heavy atom. The van der Waals surface area contributed by atoms with Crippen LogP contribution in [0.4, 0.5) is 24.5 Å². The van der Waals surface area contributed by atoms with Crippen molar-refractivity contribution < 1.29 is 18.0 Å². The lowest BCUT2D eigenvalue weighted by molar-refractivity contribution is -0.137. The third kappa shape index (κ3) is 4.37. The molecule has 0 fully saturated rings. The van der Waals surface area contributed by atoms with Gasteiger partial charge < -0.3 is 15.6 Å². The second kappa shape index (κ2) is 8.67. The maximum Gasteiger partial charge on any atom is 0.417 e. The molecule has 1 amide bonds. The van der Waals surface area contributed by atoms with Crippen molar-refractivity contribution >= 4 is 39.8 Å². The quantitative estimate of drug-likeness (QED) is 0.403. The number of carbonyl (C=O) groups excluding carboxylic acids is 1. The molecule has 0 saturated carbocycles. The molecule has 0 saturated heterocycles. The second-order valence-corrected chi connectivity index (χ2v) is 7.53. The molecule has 0 aliphatic heterocycles. The normalized spacial score (nSPS) is 11.4. The molecule has 3 N–H and O–H groups in total. The summed E-state index contributed by atoms with van der Waals surface area (Å²) in [5.41, 5.74) is -1.87. The van der Waals surface area contributed by atoms with Gasteiger partial charge in [-0.1, -0.05) is 11.6 Å². The summed E-state index contributed by atoms with van der Waals surface area (Å²) in [7, 11) is 1.47. The zero-order chi connectivity index (χ0) is 24.6. The molecule has 2 aromatic carbocycles. The molecule has 0 radical (unpaired) electrons. The minimum Gasteiger partial charge on any atom is -0.355 e. The lowest BCUT2D eigenvalue weighted by Gasteiger charge is -2.13. The first-order valence-electron chi connectivity index (χ1n) is 9.70. The van der Waals surface area contributed by atoms with E-state index in [0.717, 1.165) is 12.1 Å². The predicted molar refractivity (Wildman–Crippen MR) is 121 cm³/mol. The number of alkyl halides is 3. The first kappa shape index (κ1) is 23.1. The molecule has 0 atom stereocenters. The van der Waals surface area contributed by atoms with Crippen LogP contribution in [0.5, 0.6) is 0 Å². The number of nitrogens with zero attached hydrogens (tertiary/aromatic N) is 2. The topological polar surface area (TPSA) is 109 Å². The summed E-state index contributed by atoms with van der Waals surface area (Å²) in [6.45, 7) is 0. The minimum absolute atomic E-state index is 0.0497. The summed E-state index contributed by atoms with van der Waals surface area (Å²) in [4.78, 5) is 43.9. The van der Waals surface area contributed by atoms with E-state index >= 15 is 0 Å². The highest BCUT2D eigenvalue weighted by atomic mass is 35.5. The van der Waals surface area contributed by atoms with Gasteiger partial charge in [0.25, 0.3) is 11.5 Å². The molecule has 8 nitrogen and oxygen atoms in total. The Labute approximate surface area is 194 Å². The van der Waals surface area contributed by atoms with E-state index < -0.39 is 28.0 Å². The predicted octanol–water partition coefficient (Wildman–Crippen LogP) is 3.85. The fourth-order valence-corrected chi connectivity index (χ4v) is 3.55. The Morgan fingerprint density at radius 3 is 2.50 bits per heavy atom. The highest BCUT2D eigenvalue weighted by molar-refractivity contribution is 6.31. The summed E-state index contributed by atoms with van der Waals surface area (Å²) in [6, 6.07) is 10.4. The molecule has 2 heterocycles. The van der Waals surface area contributed by atoms with Gasteiger partial charge in [0, 0.05) is 24.6 Å². The Bertz CT molecular complexity index is 1550. The lowest BCUT2D eigenvalue weighted by atomic mass is 10.1. The van der Waals surface area contributed by atoms with E-state index in [-0.39, 0.29) is 28.2 Å². The van der Waals surface area contributed by atoms with Crippen molar-refractivity contribution in [2.24, 2.45) is 0 Å². The number of carbonyl (C=O) groups is 1. The smallest absolute Gasteiger partial charge is 0.355 e. The van der Waals surface area contributed by atoms with Crippen molar-refractivity contribution in [1.82, 2.24) is 19.9 Å². The van der Waals surface area contributed by atoms with Gasteiger partial charge in [0.05, 0.1) is 27.2 Å². The highest BCUT2D eigenvalue weighted by Gasteiger charge is 2.33. The number of halogens is 4. The molecule has 0 spiro atoms. The molecule has 34 heavy (non-hydrogen) atoms. The zero-order valence-electron chi connectivity index (χ0n) is 17.3. The van der Waals surface area contributed by atoms with E-state index in [1.807, 2.05) is 0 Å². The van der Waals surface area contributed by atoms with Gasteiger partial charge in [0.15, 0.2) is 0 Å². The molecule has 0 unspecified atom stereocenters. The van der Waals surface area contributed by atoms with E-state index in [4.69, 9.17) is 11.6 Å². The van der Waals surface area contributed by atoms with Gasteiger partial charge in [0.1, 0.15) is 5.69 Å². The average molecular weight is 490 g/mol. The van der Waals surface area contributed by atoms with Gasteiger partial charge in [-0.3, -0.25) is 14.6 Å². The number of anilines is 2. The average Bonchev–Trinajstić information content (AvgIpc) is 2.79. The minimum atomic E-state index is -4.77. The Balaban J connectivity index is 1.80. The molecular weight excluding hydrogens is 475 g/mol. The maximum absolute atomic E-state index is 13.3. The van der Waals surface area contributed by atoms with Crippen LogP contribution in [0.1, 0.15) is 16.1 Å². The molecule has 174 valence electrons. The number of H-pyrrole nitrogens is 1. The van der Waals surface area contributed by atoms with Crippen molar-refractivity contribution in [2.75, 3.05) is 12.4 Å². The van der Waals surface area contributed by atoms with Crippen LogP contribution in [0.25, 0.3) is 16.6 Å². The summed E-state index contributed by atoms with van der Waals surface area (Å²) in [6.07, 6.45) is -3.34. The van der Waals surface area contributed by atoms with Gasteiger partial charge in [-0.05, 0) is 48.5 Å². The van der Waals surface area contributed by atoms with Gasteiger partial charge in [0.2, 0.25) is 0 Å². The van der Waals surface area contributed by atoms with Crippen LogP contribution in [0, 0.1) is 0 Å². The van der Waals surface area contributed by atoms with Crippen LogP contribution < -0.4 is 21.9 Å². The monoisotopic (exact) mass is 489 g/mol. The van der Waals surface area contributed by atoms with Crippen LogP contribution in [-0.2, 0) is 6.18 Å². The number of fused-ring (bicyclic) bond motifs is 1. The Kier molecular flexibility index (Phi) is 5.88. The lowest BCUT2D eigenvalue weighted by Crippen LogP contribution is -2.33. The first-order valence-corrected chi connectivity index (χ1v) is 10.1. The Hall–Kier alpha value is -4.12. The Morgan fingerprint density at radius 1 is 1.06 bits per heavy atom. The number of rotatable bonds is 4. The van der Waals surface area contributed by atoms with Crippen molar-refractivity contribution in [3.63, 3.8) is 0 Å². The number of aromatic nitrogens is 3. The molecule has 4 aromatic rings. The molecule has 0 bridgehead atoms. The van der Waals surface area contributed by atoms with Crippen LogP contribution in [-0.4, -0.2) is 27.5 Å². The van der Waals surface area contributed by atoms with E-state index in [1.165, 1.54) is 31.4 Å². The van der Waals surface area contributed by atoms with Gasteiger partial charge in [-0.2, -0.15) is 13.2 Å². The molecular formula is C22H15ClF3N5O3. The summed E-state index contributed by atoms with van der Waals surface area (Å²) < 4.78 is 40.4. The van der Waals surface area contributed by atoms with Crippen molar-refractivity contribution in [1.29, 1.82) is 0 Å². The summed E-state index contributed by atoms with van der Waals surface area (Å²) >= 11 is 5.65. The number of pyridine rings is 1. The molecule has 4 rings (SSSR count). The highest BCUT2D eigenvalue weighted by Crippen LogP contribution is 2.35. The number of amides is 1. The van der Waals surface area contributed by atoms with Crippen LogP contribution in [0.3, 0.4) is 0 Å².